The maximum Gasteiger partial charge on any atom is 0.335 e. The van der Waals surface area contributed by atoms with E-state index >= 15 is 0 Å². The molecule has 1 N–H and O–H groups in total. The smallest absolute Gasteiger partial charge is 0.335 e. The van der Waals surface area contributed by atoms with Gasteiger partial charge in [-0.1, -0.05) is 20.4 Å². The fourth-order valence-corrected chi connectivity index (χ4v) is 8.65. The number of fused-ring (bicyclic) bond motifs is 5. The fraction of sp³-hybridized carbons (Fsp3) is 0.714. The van der Waals surface area contributed by atoms with Crippen molar-refractivity contribution in [3.63, 3.8) is 0 Å². The molecule has 0 radical (unpaired) electrons. The number of hydrogen-bond donors (Lipinski definition) is 1. The first kappa shape index (κ1) is 22.9. The summed E-state index contributed by atoms with van der Waals surface area (Å²) in [4.78, 5) is 23.6. The number of carbonyl (C=O) groups is 1. The van der Waals surface area contributed by atoms with Crippen molar-refractivity contribution in [1.82, 2.24) is 0 Å². The van der Waals surface area contributed by atoms with Gasteiger partial charge in [0.25, 0.3) is 0 Å². The van der Waals surface area contributed by atoms with E-state index in [2.05, 4.69) is 20.4 Å². The topological polar surface area (TPSA) is 76.7 Å². The van der Waals surface area contributed by atoms with Crippen LogP contribution in [0.5, 0.6) is 0 Å². The Bertz CT molecular complexity index is 991. The zero-order valence-corrected chi connectivity index (χ0v) is 20.3. The van der Waals surface area contributed by atoms with E-state index in [0.29, 0.717) is 23.3 Å². The van der Waals surface area contributed by atoms with Crippen LogP contribution >= 0.6 is 0 Å². The van der Waals surface area contributed by atoms with Crippen molar-refractivity contribution < 1.29 is 19.1 Å². The highest BCUT2D eigenvalue weighted by Crippen LogP contribution is 2.70. The van der Waals surface area contributed by atoms with Crippen LogP contribution in [0, 0.1) is 28.6 Å². The predicted molar refractivity (Wildman–Crippen MR) is 126 cm³/mol. The molecule has 1 heterocycles. The molecule has 0 bridgehead atoms. The van der Waals surface area contributed by atoms with Gasteiger partial charge in [0.1, 0.15) is 6.10 Å². The molecule has 0 unspecified atom stereocenters. The highest BCUT2D eigenvalue weighted by atomic mass is 16.5. The fourth-order valence-electron chi connectivity index (χ4n) is 8.65. The maximum atomic E-state index is 12.3. The second kappa shape index (κ2) is 7.83. The molecule has 4 aliphatic carbocycles. The normalized spacial score (nSPS) is 44.3. The number of carbonyl (C=O) groups excluding carboxylic acids is 1. The molecular formula is C28H38O5. The minimum absolute atomic E-state index is 0.00985. The molecule has 0 aliphatic heterocycles. The third-order valence-corrected chi connectivity index (χ3v) is 10.6. The van der Waals surface area contributed by atoms with Crippen LogP contribution < -0.4 is 5.63 Å². The molecule has 0 saturated heterocycles. The summed E-state index contributed by atoms with van der Waals surface area (Å²) in [5, 5.41) is 12.3. The minimum atomic E-state index is -0.687. The van der Waals surface area contributed by atoms with Gasteiger partial charge in [0.2, 0.25) is 0 Å². The van der Waals surface area contributed by atoms with Gasteiger partial charge in [-0.3, -0.25) is 0 Å². The second-order valence-corrected chi connectivity index (χ2v) is 11.9. The Labute approximate surface area is 196 Å². The van der Waals surface area contributed by atoms with Gasteiger partial charge in [-0.25, -0.2) is 9.59 Å². The van der Waals surface area contributed by atoms with Crippen molar-refractivity contribution in [2.75, 3.05) is 0 Å². The molecule has 0 aromatic carbocycles. The van der Waals surface area contributed by atoms with Gasteiger partial charge in [0.05, 0.1) is 11.9 Å². The highest BCUT2D eigenvalue weighted by molar-refractivity contribution is 5.87. The second-order valence-electron chi connectivity index (χ2n) is 11.9. The Morgan fingerprint density at radius 2 is 1.88 bits per heavy atom. The molecule has 4 fully saturated rings. The van der Waals surface area contributed by atoms with Gasteiger partial charge in [-0.15, -0.1) is 0 Å². The van der Waals surface area contributed by atoms with E-state index in [0.717, 1.165) is 63.4 Å². The minimum Gasteiger partial charge on any atom is -0.459 e. The van der Waals surface area contributed by atoms with Gasteiger partial charge in [0, 0.05) is 17.1 Å². The standard InChI is InChI=1S/C28H38O5/c1-17(2)25(30)33-20-9-12-26(3)19(15-20)6-7-23-22(26)10-13-27(4)21(11-14-28(23,27)31)18-5-8-24(29)32-16-18/h5,8,16,19-23,31H,1,6-7,9-15H2,2-4H3/t19-,20-,21+,22-,23+,26-,27+,28+/m0/s1. The molecule has 180 valence electrons. The molecule has 8 atom stereocenters. The van der Waals surface area contributed by atoms with E-state index in [9.17, 15) is 14.7 Å². The van der Waals surface area contributed by atoms with Crippen LogP contribution in [0.2, 0.25) is 0 Å². The molecule has 0 amide bonds. The average Bonchev–Trinajstić information content (AvgIpc) is 3.06. The number of esters is 1. The quantitative estimate of drug-likeness (QED) is 0.491. The molecule has 33 heavy (non-hydrogen) atoms. The molecule has 5 nitrogen and oxygen atoms in total. The van der Waals surface area contributed by atoms with Crippen molar-refractivity contribution in [3.05, 3.63) is 46.5 Å². The Kier molecular flexibility index (Phi) is 5.43. The van der Waals surface area contributed by atoms with E-state index in [1.807, 2.05) is 6.07 Å². The van der Waals surface area contributed by atoms with E-state index in [1.165, 1.54) is 6.07 Å². The zero-order chi connectivity index (χ0) is 23.6. The monoisotopic (exact) mass is 454 g/mol. The maximum absolute atomic E-state index is 12.3. The molecule has 4 aliphatic rings. The first-order valence-corrected chi connectivity index (χ1v) is 12.8. The molecular weight excluding hydrogens is 416 g/mol. The van der Waals surface area contributed by atoms with Gasteiger partial charge in [-0.05, 0) is 105 Å². The van der Waals surface area contributed by atoms with Crippen molar-refractivity contribution >= 4 is 5.97 Å². The van der Waals surface area contributed by atoms with E-state index in [1.54, 1.807) is 13.2 Å². The van der Waals surface area contributed by atoms with Crippen LogP contribution in [0.3, 0.4) is 0 Å². The molecule has 1 aromatic heterocycles. The summed E-state index contributed by atoms with van der Waals surface area (Å²) >= 11 is 0. The SMILES string of the molecule is C=C(C)C(=O)O[C@H]1CC[C@@]2(C)[C@@H](CC[C@@H]3[C@@H]2CC[C@]2(C)[C@@H](c4ccc(=O)oc4)CC[C@@]32O)C1. The Morgan fingerprint density at radius 3 is 2.58 bits per heavy atom. The van der Waals surface area contributed by atoms with Crippen molar-refractivity contribution in [3.8, 4) is 0 Å². The predicted octanol–water partition coefficient (Wildman–Crippen LogP) is 5.37. The summed E-state index contributed by atoms with van der Waals surface area (Å²) in [5.41, 5.74) is 0.487. The lowest BCUT2D eigenvalue weighted by Crippen LogP contribution is -2.62. The van der Waals surface area contributed by atoms with Crippen LogP contribution in [0.1, 0.15) is 90.0 Å². The van der Waals surface area contributed by atoms with Crippen LogP contribution in [0.25, 0.3) is 0 Å². The first-order chi connectivity index (χ1) is 15.6. The van der Waals surface area contributed by atoms with Crippen LogP contribution in [-0.2, 0) is 9.53 Å². The van der Waals surface area contributed by atoms with Crippen molar-refractivity contribution in [2.45, 2.75) is 96.2 Å². The van der Waals surface area contributed by atoms with Gasteiger partial charge >= 0.3 is 11.6 Å². The van der Waals surface area contributed by atoms with E-state index < -0.39 is 5.60 Å². The van der Waals surface area contributed by atoms with E-state index in [-0.39, 0.29) is 34.4 Å². The Balaban J connectivity index is 1.37. The largest absolute Gasteiger partial charge is 0.459 e. The lowest BCUT2D eigenvalue weighted by molar-refractivity contribution is -0.207. The van der Waals surface area contributed by atoms with Crippen LogP contribution in [0.15, 0.2) is 39.8 Å². The number of rotatable bonds is 3. The first-order valence-electron chi connectivity index (χ1n) is 12.8. The van der Waals surface area contributed by atoms with E-state index in [4.69, 9.17) is 9.15 Å². The highest BCUT2D eigenvalue weighted by Gasteiger charge is 2.67. The van der Waals surface area contributed by atoms with Gasteiger partial charge in [0.15, 0.2) is 0 Å². The third kappa shape index (κ3) is 3.37. The van der Waals surface area contributed by atoms with Crippen LogP contribution in [0.4, 0.5) is 0 Å². The summed E-state index contributed by atoms with van der Waals surface area (Å²) in [5.74, 6) is 1.28. The zero-order valence-electron chi connectivity index (χ0n) is 20.3. The molecule has 4 saturated carbocycles. The molecule has 1 aromatic rings. The Morgan fingerprint density at radius 1 is 1.09 bits per heavy atom. The lowest BCUT2D eigenvalue weighted by atomic mass is 9.43. The summed E-state index contributed by atoms with van der Waals surface area (Å²) < 4.78 is 10.9. The molecule has 5 heteroatoms. The van der Waals surface area contributed by atoms with Crippen molar-refractivity contribution in [2.24, 2.45) is 28.6 Å². The van der Waals surface area contributed by atoms with Crippen LogP contribution in [-0.4, -0.2) is 22.8 Å². The summed E-state index contributed by atoms with van der Waals surface area (Å²) in [7, 11) is 0. The molecule has 0 spiro atoms. The number of ether oxygens (including phenoxy) is 1. The van der Waals surface area contributed by atoms with Crippen molar-refractivity contribution in [1.29, 1.82) is 0 Å². The third-order valence-electron chi connectivity index (χ3n) is 10.6. The summed E-state index contributed by atoms with van der Waals surface area (Å²) in [6, 6.07) is 3.40. The Hall–Kier alpha value is -1.88. The van der Waals surface area contributed by atoms with Gasteiger partial charge < -0.3 is 14.3 Å². The molecule has 5 rings (SSSR count). The summed E-state index contributed by atoms with van der Waals surface area (Å²) in [6.07, 6.45) is 10.5. The average molecular weight is 455 g/mol. The summed E-state index contributed by atoms with van der Waals surface area (Å²) in [6.45, 7) is 10.1. The van der Waals surface area contributed by atoms with Gasteiger partial charge in [-0.2, -0.15) is 0 Å². The number of aliphatic hydroxyl groups is 1. The number of hydrogen-bond acceptors (Lipinski definition) is 5. The lowest BCUT2D eigenvalue weighted by Gasteiger charge is -2.63.